The Hall–Kier alpha value is -2.35. The number of hydrogen-bond acceptors (Lipinski definition) is 5. The molecule has 1 aliphatic rings. The highest BCUT2D eigenvalue weighted by molar-refractivity contribution is 7.15. The van der Waals surface area contributed by atoms with Gasteiger partial charge in [-0.2, -0.15) is 0 Å². The standard InChI is InChI=1S/C17H19FN4O2S/c1-2-14-20-21-17(25-14)19-15(23)12-4-3-9-22(10-12)16(24)11-5-7-13(18)8-6-11/h5-8,12H,2-4,9-10H2,1H3,(H,19,21,23)/t12-/m0/s1. The van der Waals surface area contributed by atoms with Crippen molar-refractivity contribution in [2.45, 2.75) is 26.2 Å². The van der Waals surface area contributed by atoms with E-state index in [1.54, 1.807) is 4.90 Å². The summed E-state index contributed by atoms with van der Waals surface area (Å²) in [7, 11) is 0. The van der Waals surface area contributed by atoms with Crippen LogP contribution in [0.5, 0.6) is 0 Å². The smallest absolute Gasteiger partial charge is 0.253 e. The van der Waals surface area contributed by atoms with Crippen LogP contribution in [0.3, 0.4) is 0 Å². The number of halogens is 1. The molecule has 25 heavy (non-hydrogen) atoms. The van der Waals surface area contributed by atoms with E-state index in [-0.39, 0.29) is 23.5 Å². The molecule has 2 amide bonds. The van der Waals surface area contributed by atoms with Gasteiger partial charge in [-0.3, -0.25) is 9.59 Å². The van der Waals surface area contributed by atoms with Crippen molar-refractivity contribution >= 4 is 28.3 Å². The summed E-state index contributed by atoms with van der Waals surface area (Å²) in [6.45, 7) is 2.92. The van der Waals surface area contributed by atoms with Gasteiger partial charge in [0.25, 0.3) is 5.91 Å². The lowest BCUT2D eigenvalue weighted by Crippen LogP contribution is -2.43. The molecule has 3 rings (SSSR count). The van der Waals surface area contributed by atoms with Gasteiger partial charge in [-0.1, -0.05) is 18.3 Å². The van der Waals surface area contributed by atoms with Crippen molar-refractivity contribution in [2.75, 3.05) is 18.4 Å². The number of carbonyl (C=O) groups is 2. The molecule has 1 fully saturated rings. The maximum Gasteiger partial charge on any atom is 0.253 e. The minimum Gasteiger partial charge on any atom is -0.338 e. The van der Waals surface area contributed by atoms with Gasteiger partial charge in [-0.25, -0.2) is 4.39 Å². The van der Waals surface area contributed by atoms with Gasteiger partial charge in [-0.15, -0.1) is 10.2 Å². The number of benzene rings is 1. The van der Waals surface area contributed by atoms with Crippen LogP contribution in [-0.2, 0) is 11.2 Å². The van der Waals surface area contributed by atoms with Gasteiger partial charge in [0.05, 0.1) is 5.92 Å². The van der Waals surface area contributed by atoms with Crippen LogP contribution >= 0.6 is 11.3 Å². The van der Waals surface area contributed by atoms with Crippen molar-refractivity contribution < 1.29 is 14.0 Å². The average Bonchev–Trinajstić information content (AvgIpc) is 3.09. The number of piperidine rings is 1. The molecule has 1 atom stereocenters. The zero-order valence-corrected chi connectivity index (χ0v) is 14.7. The summed E-state index contributed by atoms with van der Waals surface area (Å²) in [4.78, 5) is 26.6. The lowest BCUT2D eigenvalue weighted by atomic mass is 9.96. The minimum atomic E-state index is -0.379. The van der Waals surface area contributed by atoms with Gasteiger partial charge < -0.3 is 10.2 Å². The Morgan fingerprint density at radius 2 is 2.08 bits per heavy atom. The van der Waals surface area contributed by atoms with Crippen LogP contribution < -0.4 is 5.32 Å². The number of nitrogens with zero attached hydrogens (tertiary/aromatic N) is 3. The third kappa shape index (κ3) is 4.19. The van der Waals surface area contributed by atoms with Crippen LogP contribution in [0.4, 0.5) is 9.52 Å². The lowest BCUT2D eigenvalue weighted by molar-refractivity contribution is -0.121. The van der Waals surface area contributed by atoms with E-state index in [1.165, 1.54) is 35.6 Å². The first-order valence-electron chi connectivity index (χ1n) is 8.25. The Bertz CT molecular complexity index is 762. The predicted molar refractivity (Wildman–Crippen MR) is 92.9 cm³/mol. The van der Waals surface area contributed by atoms with Crippen molar-refractivity contribution in [1.82, 2.24) is 15.1 Å². The van der Waals surface area contributed by atoms with Crippen LogP contribution in [0.1, 0.15) is 35.1 Å². The summed E-state index contributed by atoms with van der Waals surface area (Å²) in [5.41, 5.74) is 0.430. The van der Waals surface area contributed by atoms with Crippen LogP contribution in [0.25, 0.3) is 0 Å². The molecule has 1 saturated heterocycles. The topological polar surface area (TPSA) is 75.2 Å². The molecule has 1 aromatic heterocycles. The fourth-order valence-corrected chi connectivity index (χ4v) is 3.49. The van der Waals surface area contributed by atoms with E-state index in [9.17, 15) is 14.0 Å². The van der Waals surface area contributed by atoms with Crippen molar-refractivity contribution in [2.24, 2.45) is 5.92 Å². The van der Waals surface area contributed by atoms with Gasteiger partial charge >= 0.3 is 0 Å². The van der Waals surface area contributed by atoms with E-state index >= 15 is 0 Å². The molecule has 0 radical (unpaired) electrons. The van der Waals surface area contributed by atoms with E-state index in [1.807, 2.05) is 6.92 Å². The third-order valence-electron chi connectivity index (χ3n) is 4.17. The maximum atomic E-state index is 13.0. The summed E-state index contributed by atoms with van der Waals surface area (Å²) in [5, 5.41) is 12.1. The number of anilines is 1. The second kappa shape index (κ2) is 7.69. The monoisotopic (exact) mass is 362 g/mol. The summed E-state index contributed by atoms with van der Waals surface area (Å²) in [5.74, 6) is -0.986. The molecular formula is C17H19FN4O2S. The Kier molecular flexibility index (Phi) is 5.37. The van der Waals surface area contributed by atoms with Crippen LogP contribution in [0, 0.1) is 11.7 Å². The van der Waals surface area contributed by atoms with Crippen molar-refractivity contribution in [3.8, 4) is 0 Å². The minimum absolute atomic E-state index is 0.143. The molecule has 6 nitrogen and oxygen atoms in total. The quantitative estimate of drug-likeness (QED) is 0.907. The zero-order chi connectivity index (χ0) is 17.8. The molecule has 0 unspecified atom stereocenters. The first kappa shape index (κ1) is 17.5. The van der Waals surface area contributed by atoms with Gasteiger partial charge in [0, 0.05) is 18.7 Å². The van der Waals surface area contributed by atoms with Crippen molar-refractivity contribution in [1.29, 1.82) is 0 Å². The van der Waals surface area contributed by atoms with E-state index in [0.717, 1.165) is 24.3 Å². The molecule has 0 saturated carbocycles. The molecule has 8 heteroatoms. The summed E-state index contributed by atoms with van der Waals surface area (Å²) >= 11 is 1.36. The summed E-state index contributed by atoms with van der Waals surface area (Å²) in [6, 6.07) is 5.47. The number of nitrogens with one attached hydrogen (secondary N) is 1. The number of rotatable bonds is 4. The van der Waals surface area contributed by atoms with Gasteiger partial charge in [0.15, 0.2) is 0 Å². The Morgan fingerprint density at radius 3 is 2.76 bits per heavy atom. The molecule has 0 bridgehead atoms. The van der Waals surface area contributed by atoms with Crippen molar-refractivity contribution in [3.05, 3.63) is 40.7 Å². The largest absolute Gasteiger partial charge is 0.338 e. The van der Waals surface area contributed by atoms with Gasteiger partial charge in [0.2, 0.25) is 11.0 Å². The third-order valence-corrected chi connectivity index (χ3v) is 5.15. The molecule has 2 heterocycles. The van der Waals surface area contributed by atoms with Gasteiger partial charge in [-0.05, 0) is 43.5 Å². The SMILES string of the molecule is CCc1nnc(NC(=O)[C@H]2CCCN(C(=O)c3ccc(F)cc3)C2)s1. The highest BCUT2D eigenvalue weighted by atomic mass is 32.1. The molecule has 1 aliphatic heterocycles. The van der Waals surface area contributed by atoms with E-state index in [4.69, 9.17) is 0 Å². The van der Waals surface area contributed by atoms with Crippen molar-refractivity contribution in [3.63, 3.8) is 0 Å². The normalized spacial score (nSPS) is 17.4. The van der Waals surface area contributed by atoms with Crippen LogP contribution in [0.2, 0.25) is 0 Å². The number of carbonyl (C=O) groups excluding carboxylic acids is 2. The van der Waals surface area contributed by atoms with Crippen LogP contribution in [0.15, 0.2) is 24.3 Å². The fourth-order valence-electron chi connectivity index (χ4n) is 2.81. The molecule has 132 valence electrons. The number of hydrogen-bond donors (Lipinski definition) is 1. The molecule has 0 aliphatic carbocycles. The first-order chi connectivity index (χ1) is 12.1. The molecule has 2 aromatic rings. The Balaban J connectivity index is 1.62. The summed E-state index contributed by atoms with van der Waals surface area (Å²) in [6.07, 6.45) is 2.25. The molecular weight excluding hydrogens is 343 g/mol. The first-order valence-corrected chi connectivity index (χ1v) is 9.06. The van der Waals surface area contributed by atoms with Gasteiger partial charge in [0.1, 0.15) is 10.8 Å². The number of aromatic nitrogens is 2. The summed E-state index contributed by atoms with van der Waals surface area (Å²) < 4.78 is 13.0. The molecule has 1 N–H and O–H groups in total. The number of amides is 2. The predicted octanol–water partition coefficient (Wildman–Crippen LogP) is 2.73. The van der Waals surface area contributed by atoms with E-state index in [2.05, 4.69) is 15.5 Å². The Morgan fingerprint density at radius 1 is 1.32 bits per heavy atom. The highest BCUT2D eigenvalue weighted by Crippen LogP contribution is 2.22. The van der Waals surface area contributed by atoms with E-state index in [0.29, 0.717) is 23.8 Å². The lowest BCUT2D eigenvalue weighted by Gasteiger charge is -2.32. The second-order valence-corrected chi connectivity index (χ2v) is 7.00. The second-order valence-electron chi connectivity index (χ2n) is 5.94. The fraction of sp³-hybridized carbons (Fsp3) is 0.412. The Labute approximate surface area is 149 Å². The molecule has 1 aromatic carbocycles. The highest BCUT2D eigenvalue weighted by Gasteiger charge is 2.29. The maximum absolute atomic E-state index is 13.0. The van der Waals surface area contributed by atoms with Crippen LogP contribution in [-0.4, -0.2) is 40.0 Å². The zero-order valence-electron chi connectivity index (χ0n) is 13.9. The van der Waals surface area contributed by atoms with E-state index < -0.39 is 0 Å². The number of aryl methyl sites for hydroxylation is 1. The molecule has 0 spiro atoms. The number of likely N-dealkylation sites (tertiary alicyclic amines) is 1. The average molecular weight is 362 g/mol.